The summed E-state index contributed by atoms with van der Waals surface area (Å²) < 4.78 is 1.38. The molecule has 0 atom stereocenters. The number of fused-ring (bicyclic) bond motifs is 1. The number of aromatic amines is 1. The second-order valence-corrected chi connectivity index (χ2v) is 6.79. The fourth-order valence-electron chi connectivity index (χ4n) is 3.29. The van der Waals surface area contributed by atoms with Crippen molar-refractivity contribution in [1.29, 1.82) is 0 Å². The van der Waals surface area contributed by atoms with E-state index in [1.807, 2.05) is 31.2 Å². The van der Waals surface area contributed by atoms with E-state index in [4.69, 9.17) is 0 Å². The van der Waals surface area contributed by atoms with Crippen molar-refractivity contribution < 1.29 is 0 Å². The van der Waals surface area contributed by atoms with Gasteiger partial charge in [-0.15, -0.1) is 0 Å². The lowest BCUT2D eigenvalue weighted by molar-refractivity contribution is 0.754. The highest BCUT2D eigenvalue weighted by atomic mass is 16.1. The molecule has 0 saturated heterocycles. The van der Waals surface area contributed by atoms with Gasteiger partial charge in [-0.25, -0.2) is 4.98 Å². The molecule has 2 aromatic heterocycles. The Labute approximate surface area is 157 Å². The van der Waals surface area contributed by atoms with Gasteiger partial charge < -0.3 is 5.32 Å². The maximum Gasteiger partial charge on any atom is 0.274 e. The molecule has 1 aliphatic rings. The van der Waals surface area contributed by atoms with E-state index in [9.17, 15) is 4.79 Å². The molecule has 0 amide bonds. The van der Waals surface area contributed by atoms with Crippen molar-refractivity contribution in [3.05, 3.63) is 75.4 Å². The zero-order valence-electron chi connectivity index (χ0n) is 15.6. The predicted molar refractivity (Wildman–Crippen MR) is 106 cm³/mol. The minimum absolute atomic E-state index is 0.161. The van der Waals surface area contributed by atoms with Gasteiger partial charge in [0.15, 0.2) is 5.82 Å². The van der Waals surface area contributed by atoms with Gasteiger partial charge >= 0.3 is 0 Å². The van der Waals surface area contributed by atoms with E-state index < -0.39 is 0 Å². The second kappa shape index (κ2) is 7.23. The number of aryl methyl sites for hydroxylation is 1. The minimum atomic E-state index is -0.161. The lowest BCUT2D eigenvalue weighted by Gasteiger charge is -2.16. The van der Waals surface area contributed by atoms with Crippen molar-refractivity contribution in [2.75, 3.05) is 0 Å². The summed E-state index contributed by atoms with van der Waals surface area (Å²) in [6.45, 7) is 4.69. The number of benzene rings is 1. The van der Waals surface area contributed by atoms with Crippen molar-refractivity contribution in [2.45, 2.75) is 39.7 Å². The van der Waals surface area contributed by atoms with Crippen LogP contribution in [-0.2, 0) is 6.54 Å². The zero-order valence-corrected chi connectivity index (χ0v) is 15.6. The van der Waals surface area contributed by atoms with E-state index in [0.717, 1.165) is 30.5 Å². The molecule has 0 fully saturated rings. The third-order valence-electron chi connectivity index (χ3n) is 4.80. The Kier molecular flexibility index (Phi) is 4.62. The standard InChI is InChI=1S/C21H23N5O/c1-3-15-6-4-5-7-18(15)22-13-17-12-19(27)26-21(23-17)24-20(25-26)16-10-8-14(2)9-11-16/h6-12,22H,3-5,13H2,1-2H3,(H,23,24,25). The van der Waals surface area contributed by atoms with Crippen LogP contribution in [0, 0.1) is 6.92 Å². The molecule has 4 rings (SSSR count). The van der Waals surface area contributed by atoms with E-state index in [1.54, 1.807) is 6.07 Å². The van der Waals surface area contributed by atoms with E-state index in [1.165, 1.54) is 15.7 Å². The smallest absolute Gasteiger partial charge is 0.274 e. The fourth-order valence-corrected chi connectivity index (χ4v) is 3.29. The van der Waals surface area contributed by atoms with Gasteiger partial charge in [0, 0.05) is 17.3 Å². The Bertz CT molecular complexity index is 1090. The Morgan fingerprint density at radius 2 is 1.93 bits per heavy atom. The van der Waals surface area contributed by atoms with Gasteiger partial charge in [0.1, 0.15) is 0 Å². The second-order valence-electron chi connectivity index (χ2n) is 6.79. The van der Waals surface area contributed by atoms with Crippen molar-refractivity contribution in [3.8, 4) is 11.4 Å². The Hall–Kier alpha value is -3.15. The Balaban J connectivity index is 1.60. The topological polar surface area (TPSA) is 75.1 Å². The van der Waals surface area contributed by atoms with E-state index in [0.29, 0.717) is 23.8 Å². The molecular weight excluding hydrogens is 338 g/mol. The quantitative estimate of drug-likeness (QED) is 0.729. The number of H-pyrrole nitrogens is 1. The number of allylic oxidation sites excluding steroid dienone is 3. The van der Waals surface area contributed by atoms with Gasteiger partial charge in [-0.3, -0.25) is 9.89 Å². The molecule has 0 bridgehead atoms. The summed E-state index contributed by atoms with van der Waals surface area (Å²) in [5, 5.41) is 6.46. The summed E-state index contributed by atoms with van der Waals surface area (Å²) in [5.74, 6) is 1.02. The average molecular weight is 361 g/mol. The van der Waals surface area contributed by atoms with Gasteiger partial charge in [-0.05, 0) is 31.8 Å². The highest BCUT2D eigenvalue weighted by Gasteiger charge is 2.11. The first-order valence-corrected chi connectivity index (χ1v) is 9.33. The van der Waals surface area contributed by atoms with Crippen LogP contribution in [0.25, 0.3) is 17.2 Å². The monoisotopic (exact) mass is 361 g/mol. The minimum Gasteiger partial charge on any atom is -0.379 e. The fraction of sp³-hybridized carbons (Fsp3) is 0.286. The van der Waals surface area contributed by atoms with Gasteiger partial charge in [0.25, 0.3) is 11.3 Å². The number of nitrogens with one attached hydrogen (secondary N) is 2. The lowest BCUT2D eigenvalue weighted by atomic mass is 10.0. The van der Waals surface area contributed by atoms with E-state index in [2.05, 4.69) is 39.5 Å². The lowest BCUT2D eigenvalue weighted by Crippen LogP contribution is -2.21. The molecule has 2 heterocycles. The Morgan fingerprint density at radius 3 is 2.70 bits per heavy atom. The van der Waals surface area contributed by atoms with Crippen LogP contribution in [0.15, 0.2) is 58.5 Å². The third-order valence-corrected chi connectivity index (χ3v) is 4.80. The van der Waals surface area contributed by atoms with Crippen molar-refractivity contribution in [2.24, 2.45) is 0 Å². The zero-order chi connectivity index (χ0) is 18.8. The Morgan fingerprint density at radius 1 is 1.15 bits per heavy atom. The molecule has 138 valence electrons. The number of hydrogen-bond donors (Lipinski definition) is 2. The van der Waals surface area contributed by atoms with Crippen LogP contribution in [-0.4, -0.2) is 19.6 Å². The van der Waals surface area contributed by atoms with Gasteiger partial charge in [-0.1, -0.05) is 48.9 Å². The summed E-state index contributed by atoms with van der Waals surface area (Å²) in [5.41, 5.74) is 5.09. The third kappa shape index (κ3) is 3.56. The van der Waals surface area contributed by atoms with Crippen LogP contribution < -0.4 is 10.9 Å². The molecule has 1 aliphatic carbocycles. The van der Waals surface area contributed by atoms with Crippen LogP contribution in [0.2, 0.25) is 0 Å². The molecule has 0 aliphatic heterocycles. The first-order valence-electron chi connectivity index (χ1n) is 9.33. The molecule has 6 nitrogen and oxygen atoms in total. The summed E-state index contributed by atoms with van der Waals surface area (Å²) >= 11 is 0. The first kappa shape index (κ1) is 17.3. The molecule has 0 spiro atoms. The van der Waals surface area contributed by atoms with Gasteiger partial charge in [-0.2, -0.15) is 9.50 Å². The van der Waals surface area contributed by atoms with Crippen LogP contribution in [0.1, 0.15) is 37.4 Å². The summed E-state index contributed by atoms with van der Waals surface area (Å²) in [7, 11) is 0. The maximum atomic E-state index is 12.5. The number of nitrogens with zero attached hydrogens (tertiary/aromatic N) is 3. The first-order chi connectivity index (χ1) is 13.1. The predicted octanol–water partition coefficient (Wildman–Crippen LogP) is 3.50. The van der Waals surface area contributed by atoms with Gasteiger partial charge in [0.2, 0.25) is 0 Å². The van der Waals surface area contributed by atoms with Crippen LogP contribution in [0.5, 0.6) is 0 Å². The van der Waals surface area contributed by atoms with Crippen molar-refractivity contribution in [3.63, 3.8) is 0 Å². The number of aromatic nitrogens is 4. The summed E-state index contributed by atoms with van der Waals surface area (Å²) in [6.07, 6.45) is 7.62. The van der Waals surface area contributed by atoms with Crippen molar-refractivity contribution in [1.82, 2.24) is 24.9 Å². The largest absolute Gasteiger partial charge is 0.379 e. The van der Waals surface area contributed by atoms with Crippen LogP contribution >= 0.6 is 0 Å². The van der Waals surface area contributed by atoms with Crippen LogP contribution in [0.3, 0.4) is 0 Å². The summed E-state index contributed by atoms with van der Waals surface area (Å²) in [4.78, 5) is 21.5. The maximum absolute atomic E-state index is 12.5. The number of rotatable bonds is 5. The molecule has 2 N–H and O–H groups in total. The van der Waals surface area contributed by atoms with Crippen LogP contribution in [0.4, 0.5) is 0 Å². The molecule has 1 aromatic carbocycles. The highest BCUT2D eigenvalue weighted by Crippen LogP contribution is 2.19. The summed E-state index contributed by atoms with van der Waals surface area (Å²) in [6, 6.07) is 9.55. The molecule has 0 radical (unpaired) electrons. The highest BCUT2D eigenvalue weighted by molar-refractivity contribution is 5.57. The number of hydrogen-bond acceptors (Lipinski definition) is 4. The van der Waals surface area contributed by atoms with E-state index in [-0.39, 0.29) is 5.56 Å². The molecule has 27 heavy (non-hydrogen) atoms. The molecule has 6 heteroatoms. The normalized spacial score (nSPS) is 14.1. The molecule has 0 unspecified atom stereocenters. The molecular formula is C21H23N5O. The van der Waals surface area contributed by atoms with E-state index >= 15 is 0 Å². The van der Waals surface area contributed by atoms with Gasteiger partial charge in [0.05, 0.1) is 12.2 Å². The average Bonchev–Trinajstić information content (AvgIpc) is 3.12. The molecule has 3 aromatic rings. The molecule has 0 saturated carbocycles. The van der Waals surface area contributed by atoms with Crippen molar-refractivity contribution >= 4 is 5.78 Å². The SMILES string of the molecule is CCC1=CCCC=C1NCc1cc(=O)n2[nH]c(-c3ccc(C)cc3)nc2n1.